The van der Waals surface area contributed by atoms with Crippen LogP contribution in [0.25, 0.3) is 0 Å². The standard InChI is InChI=1S/C24H21ClN4O2/c1-14-5-11-17(12-6-14)27-24(31)18-13-26-29-22(15-7-9-16(25)10-8-15)21-19(28-23(18)29)3-2-4-20(21)30/h5-13,22,28H,2-4H2,1H3,(H,27,31). The summed E-state index contributed by atoms with van der Waals surface area (Å²) in [4.78, 5) is 25.9. The molecule has 2 aliphatic rings. The summed E-state index contributed by atoms with van der Waals surface area (Å²) < 4.78 is 1.73. The number of fused-ring (bicyclic) bond motifs is 1. The van der Waals surface area contributed by atoms with Crippen LogP contribution in [-0.2, 0) is 4.79 Å². The Morgan fingerprint density at radius 3 is 2.61 bits per heavy atom. The summed E-state index contributed by atoms with van der Waals surface area (Å²) in [5, 5.41) is 11.4. The first kappa shape index (κ1) is 19.6. The van der Waals surface area contributed by atoms with Crippen LogP contribution in [0.4, 0.5) is 11.5 Å². The number of ketones is 1. The first-order valence-corrected chi connectivity index (χ1v) is 10.6. The van der Waals surface area contributed by atoms with E-state index in [0.29, 0.717) is 28.5 Å². The number of nitrogens with one attached hydrogen (secondary N) is 2. The maximum atomic E-state index is 13.0. The van der Waals surface area contributed by atoms with Gasteiger partial charge in [0.1, 0.15) is 17.4 Å². The highest BCUT2D eigenvalue weighted by Crippen LogP contribution is 2.41. The van der Waals surface area contributed by atoms with Crippen molar-refractivity contribution in [3.63, 3.8) is 0 Å². The van der Waals surface area contributed by atoms with Crippen molar-refractivity contribution in [1.82, 2.24) is 9.78 Å². The molecule has 2 aromatic carbocycles. The Hall–Kier alpha value is -3.38. The number of carbonyl (C=O) groups excluding carboxylic acids is 2. The lowest BCUT2D eigenvalue weighted by molar-refractivity contribution is -0.116. The van der Waals surface area contributed by atoms with Gasteiger partial charge in [-0.05, 0) is 49.6 Å². The molecule has 2 heterocycles. The molecule has 1 amide bonds. The Kier molecular flexibility index (Phi) is 4.87. The molecule has 0 spiro atoms. The second-order valence-corrected chi connectivity index (χ2v) is 8.36. The number of allylic oxidation sites excluding steroid dienone is 2. The van der Waals surface area contributed by atoms with Gasteiger partial charge in [0, 0.05) is 28.4 Å². The van der Waals surface area contributed by atoms with Gasteiger partial charge >= 0.3 is 0 Å². The quantitative estimate of drug-likeness (QED) is 0.602. The van der Waals surface area contributed by atoms with E-state index in [2.05, 4.69) is 15.7 Å². The van der Waals surface area contributed by atoms with Crippen molar-refractivity contribution in [2.45, 2.75) is 32.2 Å². The minimum absolute atomic E-state index is 0.112. The third-order valence-electron chi connectivity index (χ3n) is 5.78. The zero-order valence-electron chi connectivity index (χ0n) is 17.0. The third-order valence-corrected chi connectivity index (χ3v) is 6.03. The van der Waals surface area contributed by atoms with Crippen molar-refractivity contribution < 1.29 is 9.59 Å². The van der Waals surface area contributed by atoms with Crippen LogP contribution in [0.5, 0.6) is 0 Å². The Labute approximate surface area is 184 Å². The van der Waals surface area contributed by atoms with Gasteiger partial charge in [0.2, 0.25) is 0 Å². The topological polar surface area (TPSA) is 76.0 Å². The predicted octanol–water partition coefficient (Wildman–Crippen LogP) is 5.12. The van der Waals surface area contributed by atoms with Crippen molar-refractivity contribution in [2.75, 3.05) is 10.6 Å². The molecular weight excluding hydrogens is 412 g/mol. The van der Waals surface area contributed by atoms with Gasteiger partial charge in [-0.3, -0.25) is 9.59 Å². The van der Waals surface area contributed by atoms with E-state index in [-0.39, 0.29) is 11.7 Å². The first-order valence-electron chi connectivity index (χ1n) is 10.3. The van der Waals surface area contributed by atoms with Gasteiger partial charge in [-0.1, -0.05) is 41.4 Å². The summed E-state index contributed by atoms with van der Waals surface area (Å²) in [6, 6.07) is 14.7. The molecule has 0 saturated carbocycles. The number of aryl methyl sites for hydroxylation is 1. The van der Waals surface area contributed by atoms with Crippen LogP contribution in [-0.4, -0.2) is 21.5 Å². The summed E-state index contributed by atoms with van der Waals surface area (Å²) in [6.45, 7) is 2.00. The Morgan fingerprint density at radius 2 is 1.87 bits per heavy atom. The van der Waals surface area contributed by atoms with Gasteiger partial charge in [0.25, 0.3) is 5.91 Å². The van der Waals surface area contributed by atoms with E-state index in [9.17, 15) is 9.59 Å². The van der Waals surface area contributed by atoms with Gasteiger partial charge in [-0.2, -0.15) is 5.10 Å². The number of hydrogen-bond acceptors (Lipinski definition) is 4. The van der Waals surface area contributed by atoms with Crippen LogP contribution in [0, 0.1) is 6.92 Å². The van der Waals surface area contributed by atoms with E-state index in [1.54, 1.807) is 23.0 Å². The number of nitrogens with zero attached hydrogens (tertiary/aromatic N) is 2. The summed E-state index contributed by atoms with van der Waals surface area (Å²) in [7, 11) is 0. The number of Topliss-reactive ketones (excluding diaryl/α,β-unsaturated/α-hetero) is 1. The lowest BCUT2D eigenvalue weighted by Crippen LogP contribution is -2.32. The van der Waals surface area contributed by atoms with Crippen LogP contribution in [0.1, 0.15) is 46.8 Å². The molecule has 1 aliphatic heterocycles. The van der Waals surface area contributed by atoms with Crippen molar-refractivity contribution in [1.29, 1.82) is 0 Å². The molecular formula is C24H21ClN4O2. The summed E-state index contributed by atoms with van der Waals surface area (Å²) >= 11 is 6.08. The molecule has 5 rings (SSSR count). The normalized spacial score (nSPS) is 17.6. The van der Waals surface area contributed by atoms with E-state index in [1.807, 2.05) is 43.3 Å². The van der Waals surface area contributed by atoms with E-state index < -0.39 is 6.04 Å². The molecule has 7 heteroatoms. The monoisotopic (exact) mass is 432 g/mol. The van der Waals surface area contributed by atoms with Crippen molar-refractivity contribution in [2.24, 2.45) is 0 Å². The second kappa shape index (κ2) is 7.71. The highest BCUT2D eigenvalue weighted by atomic mass is 35.5. The molecule has 0 saturated heterocycles. The fraction of sp³-hybridized carbons (Fsp3) is 0.208. The largest absolute Gasteiger partial charge is 0.343 e. The van der Waals surface area contributed by atoms with Gasteiger partial charge < -0.3 is 10.6 Å². The molecule has 1 atom stereocenters. The van der Waals surface area contributed by atoms with Crippen LogP contribution < -0.4 is 10.6 Å². The van der Waals surface area contributed by atoms with Gasteiger partial charge in [-0.25, -0.2) is 4.68 Å². The number of amides is 1. The predicted molar refractivity (Wildman–Crippen MR) is 120 cm³/mol. The molecule has 1 unspecified atom stereocenters. The van der Waals surface area contributed by atoms with Crippen molar-refractivity contribution in [3.8, 4) is 0 Å². The van der Waals surface area contributed by atoms with Gasteiger partial charge in [0.15, 0.2) is 5.78 Å². The summed E-state index contributed by atoms with van der Waals surface area (Å²) in [5.74, 6) is 0.456. The average Bonchev–Trinajstić information content (AvgIpc) is 3.18. The molecule has 0 fully saturated rings. The zero-order chi connectivity index (χ0) is 21.5. The van der Waals surface area contributed by atoms with Gasteiger partial charge in [-0.15, -0.1) is 0 Å². The number of carbonyl (C=O) groups is 2. The van der Waals surface area contributed by atoms with Crippen molar-refractivity contribution >= 4 is 34.8 Å². The van der Waals surface area contributed by atoms with Gasteiger partial charge in [0.05, 0.1) is 6.20 Å². The maximum Gasteiger partial charge on any atom is 0.261 e. The molecule has 3 aromatic rings. The number of hydrogen-bond donors (Lipinski definition) is 2. The molecule has 156 valence electrons. The molecule has 1 aliphatic carbocycles. The lowest BCUT2D eigenvalue weighted by Gasteiger charge is -2.33. The van der Waals surface area contributed by atoms with E-state index in [4.69, 9.17) is 11.6 Å². The zero-order valence-corrected chi connectivity index (χ0v) is 17.7. The Bertz CT molecular complexity index is 1210. The molecule has 0 radical (unpaired) electrons. The van der Waals surface area contributed by atoms with E-state index in [1.165, 1.54) is 0 Å². The SMILES string of the molecule is Cc1ccc(NC(=O)c2cnn3c2NC2=C(C(=O)CCC2)C3c2ccc(Cl)cc2)cc1. The highest BCUT2D eigenvalue weighted by Gasteiger charge is 2.37. The molecule has 1 aromatic heterocycles. The van der Waals surface area contributed by atoms with E-state index in [0.717, 1.165) is 35.2 Å². The van der Waals surface area contributed by atoms with Crippen LogP contribution in [0.3, 0.4) is 0 Å². The smallest absolute Gasteiger partial charge is 0.261 e. The maximum absolute atomic E-state index is 13.0. The number of aromatic nitrogens is 2. The molecule has 31 heavy (non-hydrogen) atoms. The van der Waals surface area contributed by atoms with Crippen LogP contribution >= 0.6 is 11.6 Å². The minimum atomic E-state index is -0.391. The third kappa shape index (κ3) is 3.53. The Morgan fingerprint density at radius 1 is 1.13 bits per heavy atom. The molecule has 6 nitrogen and oxygen atoms in total. The van der Waals surface area contributed by atoms with E-state index >= 15 is 0 Å². The highest BCUT2D eigenvalue weighted by molar-refractivity contribution is 6.30. The summed E-state index contributed by atoms with van der Waals surface area (Å²) in [6.07, 6.45) is 3.62. The van der Waals surface area contributed by atoms with Crippen molar-refractivity contribution in [3.05, 3.63) is 87.7 Å². The van der Waals surface area contributed by atoms with Crippen LogP contribution in [0.15, 0.2) is 66.0 Å². The second-order valence-electron chi connectivity index (χ2n) is 7.92. The number of benzene rings is 2. The fourth-order valence-corrected chi connectivity index (χ4v) is 4.34. The minimum Gasteiger partial charge on any atom is -0.343 e. The lowest BCUT2D eigenvalue weighted by atomic mass is 9.85. The number of anilines is 2. The number of rotatable bonds is 3. The average molecular weight is 433 g/mol. The van der Waals surface area contributed by atoms with Crippen LogP contribution in [0.2, 0.25) is 5.02 Å². The summed E-state index contributed by atoms with van der Waals surface area (Å²) in [5.41, 5.74) is 4.76. The first-order chi connectivity index (χ1) is 15.0. The fourth-order valence-electron chi connectivity index (χ4n) is 4.21. The Balaban J connectivity index is 1.56. The molecule has 0 bridgehead atoms. The molecule has 2 N–H and O–H groups in total. The number of halogens is 1.